The molecule has 0 saturated heterocycles. The van der Waals surface area contributed by atoms with Gasteiger partial charge in [0.25, 0.3) is 5.91 Å². The van der Waals surface area contributed by atoms with Crippen molar-refractivity contribution in [1.82, 2.24) is 9.88 Å². The highest BCUT2D eigenvalue weighted by atomic mass is 19.1. The van der Waals surface area contributed by atoms with Crippen LogP contribution in [0.2, 0.25) is 0 Å². The fourth-order valence-corrected chi connectivity index (χ4v) is 2.24. The molecule has 4 nitrogen and oxygen atoms in total. The molecular weight excluding hydrogens is 269 g/mol. The van der Waals surface area contributed by atoms with Crippen molar-refractivity contribution in [2.75, 3.05) is 5.73 Å². The number of hydrogen-bond donors (Lipinski definition) is 1. The predicted molar refractivity (Wildman–Crippen MR) is 77.9 cm³/mol. The van der Waals surface area contributed by atoms with Gasteiger partial charge in [-0.15, -0.1) is 0 Å². The van der Waals surface area contributed by atoms with Gasteiger partial charge in [0.05, 0.1) is 11.9 Å². The number of nitrogen functional groups attached to an aromatic ring is 1. The summed E-state index contributed by atoms with van der Waals surface area (Å²) in [5, 5.41) is 0. The van der Waals surface area contributed by atoms with E-state index >= 15 is 0 Å². The molecule has 0 aliphatic heterocycles. The van der Waals surface area contributed by atoms with Crippen LogP contribution in [0.25, 0.3) is 0 Å². The van der Waals surface area contributed by atoms with Crippen LogP contribution in [0.3, 0.4) is 0 Å². The van der Waals surface area contributed by atoms with Crippen LogP contribution >= 0.6 is 0 Å². The zero-order chi connectivity index (χ0) is 14.8. The summed E-state index contributed by atoms with van der Waals surface area (Å²) < 4.78 is 13.8. The molecule has 1 aromatic heterocycles. The Kier molecular flexibility index (Phi) is 3.56. The molecular formula is C16H16FN3O. The minimum atomic E-state index is -0.291. The molecule has 0 spiro atoms. The van der Waals surface area contributed by atoms with Crippen LogP contribution in [0.4, 0.5) is 10.1 Å². The molecule has 108 valence electrons. The second kappa shape index (κ2) is 5.52. The first kappa shape index (κ1) is 13.5. The summed E-state index contributed by atoms with van der Waals surface area (Å²) >= 11 is 0. The van der Waals surface area contributed by atoms with Gasteiger partial charge in [0.1, 0.15) is 11.5 Å². The van der Waals surface area contributed by atoms with Crippen LogP contribution in [0.1, 0.15) is 28.9 Å². The summed E-state index contributed by atoms with van der Waals surface area (Å²) in [6.07, 6.45) is 3.37. The molecule has 21 heavy (non-hydrogen) atoms. The summed E-state index contributed by atoms with van der Waals surface area (Å²) in [4.78, 5) is 18.3. The molecule has 0 unspecified atom stereocenters. The van der Waals surface area contributed by atoms with Gasteiger partial charge in [-0.3, -0.25) is 4.79 Å². The fourth-order valence-electron chi connectivity index (χ4n) is 2.24. The highest BCUT2D eigenvalue weighted by Gasteiger charge is 2.33. The van der Waals surface area contributed by atoms with Crippen molar-refractivity contribution in [2.45, 2.75) is 25.4 Å². The van der Waals surface area contributed by atoms with E-state index in [1.165, 1.54) is 12.3 Å². The number of hydrogen-bond acceptors (Lipinski definition) is 3. The van der Waals surface area contributed by atoms with E-state index < -0.39 is 0 Å². The lowest BCUT2D eigenvalue weighted by molar-refractivity contribution is 0.0722. The normalized spacial score (nSPS) is 14.0. The molecule has 1 fully saturated rings. The largest absolute Gasteiger partial charge is 0.397 e. The Morgan fingerprint density at radius 1 is 1.29 bits per heavy atom. The number of benzene rings is 1. The van der Waals surface area contributed by atoms with E-state index in [9.17, 15) is 9.18 Å². The quantitative estimate of drug-likeness (QED) is 0.939. The molecule has 2 N–H and O–H groups in total. The van der Waals surface area contributed by atoms with Crippen molar-refractivity contribution < 1.29 is 9.18 Å². The third kappa shape index (κ3) is 3.02. The van der Waals surface area contributed by atoms with E-state index in [1.54, 1.807) is 35.2 Å². The molecule has 1 saturated carbocycles. The molecule has 0 bridgehead atoms. The van der Waals surface area contributed by atoms with Crippen molar-refractivity contribution in [1.29, 1.82) is 0 Å². The zero-order valence-electron chi connectivity index (χ0n) is 11.5. The molecule has 1 aromatic carbocycles. The lowest BCUT2D eigenvalue weighted by Crippen LogP contribution is -2.33. The van der Waals surface area contributed by atoms with Gasteiger partial charge in [0.15, 0.2) is 0 Å². The van der Waals surface area contributed by atoms with Crippen LogP contribution < -0.4 is 5.73 Å². The van der Waals surface area contributed by atoms with Crippen LogP contribution in [0.5, 0.6) is 0 Å². The van der Waals surface area contributed by atoms with Gasteiger partial charge in [0, 0.05) is 18.2 Å². The van der Waals surface area contributed by atoms with Gasteiger partial charge in [-0.1, -0.05) is 18.2 Å². The average molecular weight is 285 g/mol. The number of carbonyl (C=O) groups is 1. The topological polar surface area (TPSA) is 59.2 Å². The molecule has 1 aliphatic rings. The van der Waals surface area contributed by atoms with Gasteiger partial charge in [-0.25, -0.2) is 9.37 Å². The van der Waals surface area contributed by atoms with E-state index in [0.29, 0.717) is 16.9 Å². The molecule has 2 aromatic rings. The van der Waals surface area contributed by atoms with Crippen LogP contribution in [-0.4, -0.2) is 21.8 Å². The Morgan fingerprint density at radius 2 is 2.05 bits per heavy atom. The SMILES string of the molecule is Nc1ccc(C(=O)N(Cc2ccccc2F)C2CC2)nc1. The van der Waals surface area contributed by atoms with Gasteiger partial charge in [-0.2, -0.15) is 0 Å². The molecule has 1 amide bonds. The van der Waals surface area contributed by atoms with Crippen LogP contribution in [0.15, 0.2) is 42.6 Å². The minimum absolute atomic E-state index is 0.177. The van der Waals surface area contributed by atoms with Gasteiger partial charge < -0.3 is 10.6 Å². The van der Waals surface area contributed by atoms with Gasteiger partial charge >= 0.3 is 0 Å². The number of nitrogens with two attached hydrogens (primary N) is 1. The maximum absolute atomic E-state index is 13.8. The fraction of sp³-hybridized carbons (Fsp3) is 0.250. The van der Waals surface area contributed by atoms with E-state index in [0.717, 1.165) is 12.8 Å². The maximum Gasteiger partial charge on any atom is 0.272 e. The highest BCUT2D eigenvalue weighted by molar-refractivity contribution is 5.92. The summed E-state index contributed by atoms with van der Waals surface area (Å²) in [6, 6.07) is 9.96. The lowest BCUT2D eigenvalue weighted by atomic mass is 10.2. The zero-order valence-corrected chi connectivity index (χ0v) is 11.5. The molecule has 5 heteroatoms. The van der Waals surface area contributed by atoms with Crippen molar-refractivity contribution in [3.8, 4) is 0 Å². The van der Waals surface area contributed by atoms with Crippen LogP contribution in [0, 0.1) is 5.82 Å². The van der Waals surface area contributed by atoms with Crippen molar-refractivity contribution in [3.63, 3.8) is 0 Å². The number of carbonyl (C=O) groups excluding carboxylic acids is 1. The number of pyridine rings is 1. The van der Waals surface area contributed by atoms with Crippen molar-refractivity contribution in [3.05, 3.63) is 59.7 Å². The summed E-state index contributed by atoms with van der Waals surface area (Å²) in [5.74, 6) is -0.470. The summed E-state index contributed by atoms with van der Waals surface area (Å²) in [6.45, 7) is 0.266. The molecule has 0 radical (unpaired) electrons. The molecule has 1 heterocycles. The maximum atomic E-state index is 13.8. The number of amides is 1. The van der Waals surface area contributed by atoms with Crippen LogP contribution in [-0.2, 0) is 6.54 Å². The first-order chi connectivity index (χ1) is 10.1. The number of anilines is 1. The van der Waals surface area contributed by atoms with Gasteiger partial charge in [0.2, 0.25) is 0 Å². The molecule has 1 aliphatic carbocycles. The minimum Gasteiger partial charge on any atom is -0.397 e. The average Bonchev–Trinajstić information content (AvgIpc) is 3.31. The number of rotatable bonds is 4. The van der Waals surface area contributed by atoms with Gasteiger partial charge in [-0.05, 0) is 31.0 Å². The van der Waals surface area contributed by atoms with E-state index in [4.69, 9.17) is 5.73 Å². The Labute approximate surface area is 122 Å². The van der Waals surface area contributed by atoms with E-state index in [1.807, 2.05) is 0 Å². The summed E-state index contributed by atoms with van der Waals surface area (Å²) in [7, 11) is 0. The van der Waals surface area contributed by atoms with E-state index in [-0.39, 0.29) is 24.3 Å². The summed E-state index contributed by atoms with van der Waals surface area (Å²) in [5.41, 5.74) is 6.96. The second-order valence-corrected chi connectivity index (χ2v) is 5.23. The first-order valence-electron chi connectivity index (χ1n) is 6.91. The predicted octanol–water partition coefficient (Wildman–Crippen LogP) is 2.61. The third-order valence-electron chi connectivity index (χ3n) is 3.55. The van der Waals surface area contributed by atoms with Crippen molar-refractivity contribution >= 4 is 11.6 Å². The monoisotopic (exact) mass is 285 g/mol. The third-order valence-corrected chi connectivity index (χ3v) is 3.55. The Hall–Kier alpha value is -2.43. The number of halogens is 1. The van der Waals surface area contributed by atoms with E-state index in [2.05, 4.69) is 4.98 Å². The lowest BCUT2D eigenvalue weighted by Gasteiger charge is -2.22. The Balaban J connectivity index is 1.83. The highest BCUT2D eigenvalue weighted by Crippen LogP contribution is 2.30. The molecule has 3 rings (SSSR count). The molecule has 0 atom stereocenters. The smallest absolute Gasteiger partial charge is 0.272 e. The standard InChI is InChI=1S/C16H16FN3O/c17-14-4-2-1-3-11(14)10-20(13-6-7-13)16(21)15-8-5-12(18)9-19-15/h1-5,8-9,13H,6-7,10,18H2. The second-order valence-electron chi connectivity index (χ2n) is 5.23. The number of nitrogens with zero attached hydrogens (tertiary/aromatic N) is 2. The Bertz CT molecular complexity index is 653. The van der Waals surface area contributed by atoms with Crippen molar-refractivity contribution in [2.24, 2.45) is 0 Å². The first-order valence-corrected chi connectivity index (χ1v) is 6.91. The number of aromatic nitrogens is 1. The Morgan fingerprint density at radius 3 is 2.67 bits per heavy atom.